The van der Waals surface area contributed by atoms with Crippen LogP contribution < -0.4 is 0 Å². The molecule has 14 heavy (non-hydrogen) atoms. The third kappa shape index (κ3) is 8.32. The second kappa shape index (κ2) is 10.8. The van der Waals surface area contributed by atoms with Crippen molar-refractivity contribution in [2.24, 2.45) is 0 Å². The minimum absolute atomic E-state index is 0.000469. The van der Waals surface area contributed by atoms with Gasteiger partial charge in [-0.1, -0.05) is 38.7 Å². The molecule has 84 valence electrons. The molecule has 0 aliphatic carbocycles. The summed E-state index contributed by atoms with van der Waals surface area (Å²) in [4.78, 5) is 0. The van der Waals surface area contributed by atoms with E-state index in [2.05, 4.69) is 6.92 Å². The Bertz CT molecular complexity index is 137. The van der Waals surface area contributed by atoms with Gasteiger partial charge in [0.1, 0.15) is 0 Å². The van der Waals surface area contributed by atoms with E-state index in [0.29, 0.717) is 0 Å². The number of ether oxygens (including phenoxy) is 1. The van der Waals surface area contributed by atoms with Crippen molar-refractivity contribution < 1.29 is 9.16 Å². The highest BCUT2D eigenvalue weighted by atomic mass is 28.2. The van der Waals surface area contributed by atoms with Gasteiger partial charge in [0, 0.05) is 6.42 Å². The topological polar surface area (TPSA) is 18.5 Å². The normalized spacial score (nSPS) is 13.6. The van der Waals surface area contributed by atoms with Gasteiger partial charge < -0.3 is 9.16 Å². The fourth-order valence-corrected chi connectivity index (χ4v) is 1.67. The molecule has 0 aromatic rings. The largest absolute Gasteiger partial charge is 0.474 e. The number of allylic oxidation sites excluding steroid dienone is 1. The molecule has 0 aromatic carbocycles. The fourth-order valence-electron chi connectivity index (χ4n) is 1.32. The minimum Gasteiger partial charge on any atom is -0.474 e. The maximum Gasteiger partial charge on any atom is 0.189 e. The first kappa shape index (κ1) is 13.7. The average molecular weight is 216 g/mol. The summed E-state index contributed by atoms with van der Waals surface area (Å²) in [5, 5.41) is 0. The number of rotatable bonds is 9. The predicted octanol–water partition coefficient (Wildman–Crippen LogP) is 2.52. The Kier molecular flexibility index (Phi) is 10.6. The van der Waals surface area contributed by atoms with Gasteiger partial charge in [0.2, 0.25) is 0 Å². The molecular formula is C11H24O2Si. The van der Waals surface area contributed by atoms with Gasteiger partial charge in [0.15, 0.2) is 16.8 Å². The van der Waals surface area contributed by atoms with E-state index in [9.17, 15) is 0 Å². The van der Waals surface area contributed by atoms with E-state index >= 15 is 0 Å². The first-order valence-corrected chi connectivity index (χ1v) is 6.46. The highest BCUT2D eigenvalue weighted by molar-refractivity contribution is 5.98. The Morgan fingerprint density at radius 2 is 1.93 bits per heavy atom. The van der Waals surface area contributed by atoms with Gasteiger partial charge >= 0.3 is 0 Å². The van der Waals surface area contributed by atoms with Crippen molar-refractivity contribution in [1.82, 2.24) is 0 Å². The Morgan fingerprint density at radius 3 is 2.50 bits per heavy atom. The zero-order valence-corrected chi connectivity index (χ0v) is 11.8. The van der Waals surface area contributed by atoms with Crippen LogP contribution in [-0.2, 0) is 9.16 Å². The first-order valence-electron chi connectivity index (χ1n) is 5.64. The summed E-state index contributed by atoms with van der Waals surface area (Å²) >= 11 is 0. The molecule has 1 atom stereocenters. The summed E-state index contributed by atoms with van der Waals surface area (Å²) in [7, 11) is 0.750. The van der Waals surface area contributed by atoms with Crippen molar-refractivity contribution in [1.29, 1.82) is 0 Å². The molecule has 2 nitrogen and oxygen atoms in total. The molecule has 0 saturated heterocycles. The second-order valence-corrected chi connectivity index (χ2v) is 3.95. The lowest BCUT2D eigenvalue weighted by atomic mass is 10.1. The van der Waals surface area contributed by atoms with Crippen LogP contribution in [-0.4, -0.2) is 16.8 Å². The monoisotopic (exact) mass is 216 g/mol. The lowest BCUT2D eigenvalue weighted by Gasteiger charge is -2.14. The van der Waals surface area contributed by atoms with Crippen LogP contribution in [0.5, 0.6) is 0 Å². The summed E-state index contributed by atoms with van der Waals surface area (Å²) in [6.07, 6.45) is 11.1. The van der Waals surface area contributed by atoms with Crippen LogP contribution in [0.15, 0.2) is 12.3 Å². The summed E-state index contributed by atoms with van der Waals surface area (Å²) in [5.41, 5.74) is 0. The van der Waals surface area contributed by atoms with Crippen molar-refractivity contribution in [3.63, 3.8) is 0 Å². The molecule has 0 aliphatic heterocycles. The van der Waals surface area contributed by atoms with E-state index in [1.165, 1.54) is 32.1 Å². The molecule has 0 fully saturated rings. The quantitative estimate of drug-likeness (QED) is 0.255. The van der Waals surface area contributed by atoms with Crippen LogP contribution in [0.25, 0.3) is 0 Å². The molecule has 0 saturated carbocycles. The Labute approximate surface area is 91.2 Å². The first-order chi connectivity index (χ1) is 6.85. The van der Waals surface area contributed by atoms with Crippen molar-refractivity contribution in [2.75, 3.05) is 0 Å². The summed E-state index contributed by atoms with van der Waals surface area (Å²) < 4.78 is 10.7. The standard InChI is InChI=1S/C11H24O2Si/c1-3-5-6-7-8-9-11(13-14)12-10-4-2/h4,10-11H,3,5-9H2,1-2,14H3. The molecule has 1 unspecified atom stereocenters. The van der Waals surface area contributed by atoms with E-state index in [0.717, 1.165) is 16.9 Å². The molecule has 0 bridgehead atoms. The third-order valence-corrected chi connectivity index (χ3v) is 2.70. The van der Waals surface area contributed by atoms with Gasteiger partial charge in [-0.25, -0.2) is 0 Å². The molecule has 0 amide bonds. The van der Waals surface area contributed by atoms with Gasteiger partial charge in [0.25, 0.3) is 0 Å². The Morgan fingerprint density at radius 1 is 1.21 bits per heavy atom. The third-order valence-electron chi connectivity index (χ3n) is 2.17. The zero-order chi connectivity index (χ0) is 10.6. The summed E-state index contributed by atoms with van der Waals surface area (Å²) in [5.74, 6) is 0. The molecular weight excluding hydrogens is 192 g/mol. The lowest BCUT2D eigenvalue weighted by molar-refractivity contribution is -0.0314. The fraction of sp³-hybridized carbons (Fsp3) is 0.818. The smallest absolute Gasteiger partial charge is 0.189 e. The maximum atomic E-state index is 5.38. The van der Waals surface area contributed by atoms with Crippen LogP contribution in [0.3, 0.4) is 0 Å². The van der Waals surface area contributed by atoms with Crippen molar-refractivity contribution in [3.05, 3.63) is 12.3 Å². The zero-order valence-electron chi connectivity index (χ0n) is 9.79. The van der Waals surface area contributed by atoms with Crippen LogP contribution >= 0.6 is 0 Å². The Hall–Kier alpha value is -0.283. The van der Waals surface area contributed by atoms with Crippen molar-refractivity contribution in [3.8, 4) is 0 Å². The van der Waals surface area contributed by atoms with Crippen molar-refractivity contribution in [2.45, 2.75) is 58.7 Å². The number of hydrogen-bond acceptors (Lipinski definition) is 2. The van der Waals surface area contributed by atoms with Crippen LogP contribution in [0.2, 0.25) is 0 Å². The molecule has 0 aromatic heterocycles. The van der Waals surface area contributed by atoms with Crippen molar-refractivity contribution >= 4 is 10.5 Å². The number of hydrogen-bond donors (Lipinski definition) is 0. The van der Waals surface area contributed by atoms with Gasteiger partial charge in [0.05, 0.1) is 6.26 Å². The van der Waals surface area contributed by atoms with E-state index < -0.39 is 0 Å². The number of unbranched alkanes of at least 4 members (excludes halogenated alkanes) is 4. The second-order valence-electron chi connectivity index (χ2n) is 3.47. The van der Waals surface area contributed by atoms with E-state index in [1.807, 2.05) is 13.0 Å². The van der Waals surface area contributed by atoms with Crippen LogP contribution in [0, 0.1) is 0 Å². The minimum atomic E-state index is -0.000469. The molecule has 0 radical (unpaired) electrons. The van der Waals surface area contributed by atoms with E-state index in [4.69, 9.17) is 9.16 Å². The summed E-state index contributed by atoms with van der Waals surface area (Å²) in [6, 6.07) is 0. The molecule has 3 heteroatoms. The van der Waals surface area contributed by atoms with Gasteiger partial charge in [-0.05, 0) is 13.3 Å². The summed E-state index contributed by atoms with van der Waals surface area (Å²) in [6.45, 7) is 4.18. The van der Waals surface area contributed by atoms with Gasteiger partial charge in [-0.3, -0.25) is 0 Å². The molecule has 0 heterocycles. The highest BCUT2D eigenvalue weighted by Gasteiger charge is 2.04. The molecule has 0 aliphatic rings. The molecule has 0 rings (SSSR count). The molecule has 0 N–H and O–H groups in total. The van der Waals surface area contributed by atoms with Crippen LogP contribution in [0.4, 0.5) is 0 Å². The average Bonchev–Trinajstić information content (AvgIpc) is 2.22. The van der Waals surface area contributed by atoms with Gasteiger partial charge in [-0.15, -0.1) is 0 Å². The van der Waals surface area contributed by atoms with E-state index in [-0.39, 0.29) is 6.29 Å². The van der Waals surface area contributed by atoms with Crippen LogP contribution in [0.1, 0.15) is 52.4 Å². The highest BCUT2D eigenvalue weighted by Crippen LogP contribution is 2.09. The SMILES string of the molecule is CC=COC(CCCCCCC)O[SiH3]. The molecule has 0 spiro atoms. The van der Waals surface area contributed by atoms with E-state index in [1.54, 1.807) is 6.26 Å². The maximum absolute atomic E-state index is 5.38. The predicted molar refractivity (Wildman–Crippen MR) is 64.1 cm³/mol. The van der Waals surface area contributed by atoms with Gasteiger partial charge in [-0.2, -0.15) is 0 Å². The Balaban J connectivity index is 3.33. The lowest BCUT2D eigenvalue weighted by Crippen LogP contribution is -2.12.